The number of hydrogen-bond donors (Lipinski definition) is 2. The summed E-state index contributed by atoms with van der Waals surface area (Å²) in [6.45, 7) is 9.85. The minimum atomic E-state index is -0.421. The second kappa shape index (κ2) is 4.24. The fourth-order valence-electron chi connectivity index (χ4n) is 0.854. The number of rotatable bonds is 3. The Kier molecular flexibility index (Phi) is 4.21. The molecule has 74 valence electrons. The molecule has 0 radical (unpaired) electrons. The lowest BCUT2D eigenvalue weighted by atomic mass is 9.84. The van der Waals surface area contributed by atoms with E-state index in [9.17, 15) is 10.2 Å². The van der Waals surface area contributed by atoms with Crippen LogP contribution < -0.4 is 0 Å². The van der Waals surface area contributed by atoms with Gasteiger partial charge in [-0.2, -0.15) is 0 Å². The van der Waals surface area contributed by atoms with Gasteiger partial charge in [-0.25, -0.2) is 0 Å². The zero-order chi connectivity index (χ0) is 9.94. The zero-order valence-corrected chi connectivity index (χ0v) is 8.83. The second-order valence-corrected chi connectivity index (χ2v) is 4.93. The maximum absolute atomic E-state index is 9.64. The van der Waals surface area contributed by atoms with E-state index in [4.69, 9.17) is 0 Å². The van der Waals surface area contributed by atoms with Crippen LogP contribution in [-0.2, 0) is 0 Å². The van der Waals surface area contributed by atoms with Gasteiger partial charge in [-0.05, 0) is 17.8 Å². The standard InChI is InChI=1S/C10H22O2/c1-7(2)8(11)6-9(12)10(3,4)5/h7-9,11-12H,6H2,1-5H3/t8-,9+/m1/s1. The van der Waals surface area contributed by atoms with Gasteiger partial charge in [0.1, 0.15) is 0 Å². The van der Waals surface area contributed by atoms with E-state index in [0.717, 1.165) is 0 Å². The van der Waals surface area contributed by atoms with E-state index in [1.807, 2.05) is 34.6 Å². The molecule has 0 saturated carbocycles. The van der Waals surface area contributed by atoms with Crippen LogP contribution in [0.2, 0.25) is 0 Å². The van der Waals surface area contributed by atoms with E-state index in [-0.39, 0.29) is 17.4 Å². The molecule has 0 heterocycles. The first-order valence-electron chi connectivity index (χ1n) is 4.61. The van der Waals surface area contributed by atoms with Gasteiger partial charge in [-0.1, -0.05) is 34.6 Å². The SMILES string of the molecule is CC(C)[C@H](O)C[C@H](O)C(C)(C)C. The van der Waals surface area contributed by atoms with Gasteiger partial charge in [-0.15, -0.1) is 0 Å². The molecule has 0 aliphatic rings. The molecule has 0 unspecified atom stereocenters. The molecule has 0 fully saturated rings. The summed E-state index contributed by atoms with van der Waals surface area (Å²) < 4.78 is 0. The first-order valence-corrected chi connectivity index (χ1v) is 4.61. The predicted octanol–water partition coefficient (Wildman–Crippen LogP) is 1.80. The van der Waals surface area contributed by atoms with Crippen LogP contribution in [0.15, 0.2) is 0 Å². The maximum Gasteiger partial charge on any atom is 0.0613 e. The van der Waals surface area contributed by atoms with Crippen molar-refractivity contribution in [2.75, 3.05) is 0 Å². The van der Waals surface area contributed by atoms with Crippen molar-refractivity contribution in [2.24, 2.45) is 11.3 Å². The normalized spacial score (nSPS) is 18.0. The van der Waals surface area contributed by atoms with Crippen molar-refractivity contribution in [1.82, 2.24) is 0 Å². The Morgan fingerprint density at radius 2 is 1.50 bits per heavy atom. The summed E-state index contributed by atoms with van der Waals surface area (Å²) in [7, 11) is 0. The molecule has 2 atom stereocenters. The highest BCUT2D eigenvalue weighted by Crippen LogP contribution is 2.24. The van der Waals surface area contributed by atoms with Crippen molar-refractivity contribution in [3.8, 4) is 0 Å². The number of aliphatic hydroxyl groups excluding tert-OH is 2. The lowest BCUT2D eigenvalue weighted by molar-refractivity contribution is -0.000369. The third-order valence-electron chi connectivity index (χ3n) is 2.23. The molecule has 0 bridgehead atoms. The largest absolute Gasteiger partial charge is 0.393 e. The molecular weight excluding hydrogens is 152 g/mol. The van der Waals surface area contributed by atoms with E-state index in [0.29, 0.717) is 6.42 Å². The van der Waals surface area contributed by atoms with Gasteiger partial charge >= 0.3 is 0 Å². The van der Waals surface area contributed by atoms with Crippen LogP contribution in [0.4, 0.5) is 0 Å². The summed E-state index contributed by atoms with van der Waals surface area (Å²) in [4.78, 5) is 0. The van der Waals surface area contributed by atoms with Gasteiger partial charge in [-0.3, -0.25) is 0 Å². The van der Waals surface area contributed by atoms with Crippen LogP contribution in [0.5, 0.6) is 0 Å². The highest BCUT2D eigenvalue weighted by atomic mass is 16.3. The summed E-state index contributed by atoms with van der Waals surface area (Å²) in [6, 6.07) is 0. The highest BCUT2D eigenvalue weighted by molar-refractivity contribution is 4.76. The van der Waals surface area contributed by atoms with Gasteiger partial charge in [0.15, 0.2) is 0 Å². The van der Waals surface area contributed by atoms with E-state index in [2.05, 4.69) is 0 Å². The van der Waals surface area contributed by atoms with Crippen molar-refractivity contribution < 1.29 is 10.2 Å². The molecule has 0 spiro atoms. The first-order chi connectivity index (χ1) is 5.25. The van der Waals surface area contributed by atoms with Crippen LogP contribution in [0.3, 0.4) is 0 Å². The van der Waals surface area contributed by atoms with Crippen molar-refractivity contribution in [3.63, 3.8) is 0 Å². The maximum atomic E-state index is 9.64. The van der Waals surface area contributed by atoms with Crippen LogP contribution in [0.25, 0.3) is 0 Å². The fraction of sp³-hybridized carbons (Fsp3) is 1.00. The molecule has 0 aliphatic carbocycles. The van der Waals surface area contributed by atoms with E-state index in [1.165, 1.54) is 0 Å². The lowest BCUT2D eigenvalue weighted by Gasteiger charge is -2.28. The molecule has 0 aromatic rings. The smallest absolute Gasteiger partial charge is 0.0613 e. The minimum absolute atomic E-state index is 0.129. The van der Waals surface area contributed by atoms with Crippen LogP contribution in [0, 0.1) is 11.3 Å². The van der Waals surface area contributed by atoms with E-state index < -0.39 is 6.10 Å². The van der Waals surface area contributed by atoms with Gasteiger partial charge in [0.2, 0.25) is 0 Å². The lowest BCUT2D eigenvalue weighted by Crippen LogP contribution is -2.32. The van der Waals surface area contributed by atoms with E-state index >= 15 is 0 Å². The minimum Gasteiger partial charge on any atom is -0.393 e. The van der Waals surface area contributed by atoms with Crippen LogP contribution in [-0.4, -0.2) is 22.4 Å². The molecule has 0 rings (SSSR count). The summed E-state index contributed by atoms with van der Waals surface area (Å²) in [5.74, 6) is 0.224. The molecule has 0 aromatic carbocycles. The second-order valence-electron chi connectivity index (χ2n) is 4.93. The molecule has 0 amide bonds. The Morgan fingerprint density at radius 3 is 1.75 bits per heavy atom. The Bertz CT molecular complexity index is 124. The molecule has 0 aromatic heterocycles. The third kappa shape index (κ3) is 4.07. The summed E-state index contributed by atoms with van der Waals surface area (Å²) in [5.41, 5.74) is -0.129. The molecule has 0 saturated heterocycles. The Balaban J connectivity index is 3.93. The Hall–Kier alpha value is -0.0800. The first kappa shape index (κ1) is 11.9. The summed E-state index contributed by atoms with van der Waals surface area (Å²) in [5, 5.41) is 19.1. The number of hydrogen-bond acceptors (Lipinski definition) is 2. The molecule has 2 heteroatoms. The van der Waals surface area contributed by atoms with Crippen LogP contribution in [0.1, 0.15) is 41.0 Å². The number of aliphatic hydroxyl groups is 2. The predicted molar refractivity (Wildman–Crippen MR) is 50.9 cm³/mol. The monoisotopic (exact) mass is 174 g/mol. The third-order valence-corrected chi connectivity index (χ3v) is 2.23. The molecule has 2 nitrogen and oxygen atoms in total. The summed E-state index contributed by atoms with van der Waals surface area (Å²) in [6.07, 6.45) is -0.338. The average molecular weight is 174 g/mol. The zero-order valence-electron chi connectivity index (χ0n) is 8.83. The Morgan fingerprint density at radius 1 is 1.08 bits per heavy atom. The van der Waals surface area contributed by atoms with Gasteiger partial charge < -0.3 is 10.2 Å². The Labute approximate surface area is 75.6 Å². The molecule has 2 N–H and O–H groups in total. The van der Waals surface area contributed by atoms with Crippen molar-refractivity contribution in [2.45, 2.75) is 53.2 Å². The molecule has 0 aliphatic heterocycles. The fourth-order valence-corrected chi connectivity index (χ4v) is 0.854. The average Bonchev–Trinajstić information content (AvgIpc) is 1.85. The van der Waals surface area contributed by atoms with Crippen molar-refractivity contribution >= 4 is 0 Å². The van der Waals surface area contributed by atoms with Crippen molar-refractivity contribution in [3.05, 3.63) is 0 Å². The van der Waals surface area contributed by atoms with E-state index in [1.54, 1.807) is 0 Å². The molecular formula is C10H22O2. The highest BCUT2D eigenvalue weighted by Gasteiger charge is 2.25. The van der Waals surface area contributed by atoms with Crippen molar-refractivity contribution in [1.29, 1.82) is 0 Å². The topological polar surface area (TPSA) is 40.5 Å². The summed E-state index contributed by atoms with van der Waals surface area (Å²) >= 11 is 0. The van der Waals surface area contributed by atoms with Gasteiger partial charge in [0, 0.05) is 0 Å². The van der Waals surface area contributed by atoms with Gasteiger partial charge in [0.05, 0.1) is 12.2 Å². The van der Waals surface area contributed by atoms with Gasteiger partial charge in [0.25, 0.3) is 0 Å². The molecule has 12 heavy (non-hydrogen) atoms. The van der Waals surface area contributed by atoms with Crippen LogP contribution >= 0.6 is 0 Å². The quantitative estimate of drug-likeness (QED) is 0.685.